The normalized spacial score (nSPS) is 17.8. The minimum atomic E-state index is -4.77. The van der Waals surface area contributed by atoms with Crippen LogP contribution in [0.25, 0.3) is 11.0 Å². The van der Waals surface area contributed by atoms with Gasteiger partial charge in [0.05, 0.1) is 34.7 Å². The van der Waals surface area contributed by atoms with Crippen LogP contribution in [0.5, 0.6) is 0 Å². The summed E-state index contributed by atoms with van der Waals surface area (Å²) in [6.45, 7) is 5.08. The van der Waals surface area contributed by atoms with Gasteiger partial charge in [-0.25, -0.2) is 23.4 Å². The van der Waals surface area contributed by atoms with Gasteiger partial charge in [0, 0.05) is 31.1 Å². The van der Waals surface area contributed by atoms with Crippen molar-refractivity contribution in [3.8, 4) is 0 Å². The van der Waals surface area contributed by atoms with E-state index in [0.717, 1.165) is 12.5 Å². The van der Waals surface area contributed by atoms with Crippen molar-refractivity contribution < 1.29 is 31.8 Å². The minimum absolute atomic E-state index is 0.00518. The van der Waals surface area contributed by atoms with Crippen molar-refractivity contribution in [3.05, 3.63) is 41.0 Å². The molecule has 0 saturated heterocycles. The van der Waals surface area contributed by atoms with E-state index >= 15 is 0 Å². The van der Waals surface area contributed by atoms with E-state index in [2.05, 4.69) is 15.0 Å². The summed E-state index contributed by atoms with van der Waals surface area (Å²) in [7, 11) is -3.61. The number of anilines is 1. The molecule has 0 amide bonds. The van der Waals surface area contributed by atoms with Crippen LogP contribution >= 0.6 is 0 Å². The molecule has 35 heavy (non-hydrogen) atoms. The molecule has 0 unspecified atom stereocenters. The maximum Gasteiger partial charge on any atom is 0.433 e. The number of hydrogen-bond donors (Lipinski definition) is 2. The van der Waals surface area contributed by atoms with Gasteiger partial charge in [-0.15, -0.1) is 0 Å². The number of rotatable bonds is 5. The van der Waals surface area contributed by atoms with E-state index < -0.39 is 46.0 Å². The molecule has 0 spiro atoms. The lowest BCUT2D eigenvalue weighted by molar-refractivity contribution is -0.142. The zero-order chi connectivity index (χ0) is 25.9. The predicted molar refractivity (Wildman–Crippen MR) is 121 cm³/mol. The molecular weight excluding hydrogens is 487 g/mol. The molecule has 190 valence electrons. The van der Waals surface area contributed by atoms with Crippen LogP contribution < -0.4 is 4.90 Å². The summed E-state index contributed by atoms with van der Waals surface area (Å²) in [6.07, 6.45) is -4.11. The van der Waals surface area contributed by atoms with Crippen LogP contribution in [0.1, 0.15) is 55.6 Å². The second-order valence-electron chi connectivity index (χ2n) is 9.03. The maximum absolute atomic E-state index is 13.7. The summed E-state index contributed by atoms with van der Waals surface area (Å²) in [4.78, 5) is 14.3. The van der Waals surface area contributed by atoms with E-state index in [4.69, 9.17) is 0 Å². The second kappa shape index (κ2) is 8.71. The number of benzene rings is 1. The summed E-state index contributed by atoms with van der Waals surface area (Å²) in [5.41, 5.74) is -0.337. The Bertz CT molecular complexity index is 1390. The van der Waals surface area contributed by atoms with Crippen LogP contribution in [0.15, 0.2) is 23.2 Å². The van der Waals surface area contributed by atoms with Crippen molar-refractivity contribution >= 4 is 26.8 Å². The van der Waals surface area contributed by atoms with Gasteiger partial charge in [-0.05, 0) is 30.5 Å². The maximum atomic E-state index is 13.7. The quantitative estimate of drug-likeness (QED) is 0.534. The fourth-order valence-corrected chi connectivity index (χ4v) is 5.49. The monoisotopic (exact) mass is 513 g/mol. The van der Waals surface area contributed by atoms with E-state index in [1.807, 2.05) is 18.4 Å². The topological polar surface area (TPSA) is 121 Å². The first-order chi connectivity index (χ1) is 16.2. The zero-order valence-corrected chi connectivity index (χ0v) is 20.4. The molecule has 1 aliphatic heterocycles. The van der Waals surface area contributed by atoms with Crippen LogP contribution in [-0.4, -0.2) is 51.0 Å². The molecule has 0 saturated carbocycles. The first kappa shape index (κ1) is 25.3. The van der Waals surface area contributed by atoms with Crippen LogP contribution in [0.4, 0.5) is 19.1 Å². The molecular formula is C22H26F3N5O4S. The van der Waals surface area contributed by atoms with E-state index in [0.29, 0.717) is 23.4 Å². The highest BCUT2D eigenvalue weighted by molar-refractivity contribution is 7.90. The smallest absolute Gasteiger partial charge is 0.392 e. The molecule has 0 bridgehead atoms. The number of alkyl halides is 3. The Balaban J connectivity index is 1.88. The van der Waals surface area contributed by atoms with Gasteiger partial charge in [0.2, 0.25) is 5.95 Å². The fourth-order valence-electron chi connectivity index (χ4n) is 4.57. The van der Waals surface area contributed by atoms with Gasteiger partial charge in [0.1, 0.15) is 5.82 Å². The average molecular weight is 514 g/mol. The van der Waals surface area contributed by atoms with Crippen molar-refractivity contribution in [2.75, 3.05) is 17.7 Å². The average Bonchev–Trinajstić information content (AvgIpc) is 3.13. The van der Waals surface area contributed by atoms with Gasteiger partial charge >= 0.3 is 6.18 Å². The number of nitrogens with zero attached hydrogens (tertiary/aromatic N) is 5. The van der Waals surface area contributed by atoms with Crippen molar-refractivity contribution in [2.45, 2.75) is 57.1 Å². The minimum Gasteiger partial charge on any atom is -0.392 e. The second-order valence-corrected chi connectivity index (χ2v) is 11.0. The fraction of sp³-hybridized carbons (Fsp3) is 0.500. The SMILES string of the molecule is CC(C)[C@@H]1c2nc3cc(CO)c(S(C)(=O)=O)cc3n2CCN1c1ncc([C@H](C)O)c(C(F)(F)F)n1. The Kier molecular flexibility index (Phi) is 6.31. The zero-order valence-electron chi connectivity index (χ0n) is 19.6. The first-order valence-corrected chi connectivity index (χ1v) is 12.9. The van der Waals surface area contributed by atoms with Crippen molar-refractivity contribution in [2.24, 2.45) is 5.92 Å². The third kappa shape index (κ3) is 4.47. The molecule has 4 rings (SSSR count). The molecule has 3 aromatic rings. The Morgan fingerprint density at radius 3 is 2.40 bits per heavy atom. The molecule has 2 N–H and O–H groups in total. The predicted octanol–water partition coefficient (Wildman–Crippen LogP) is 3.01. The molecule has 1 aromatic carbocycles. The van der Waals surface area contributed by atoms with Gasteiger partial charge < -0.3 is 19.7 Å². The number of sulfone groups is 1. The van der Waals surface area contributed by atoms with Crippen molar-refractivity contribution in [1.82, 2.24) is 19.5 Å². The number of hydrogen-bond acceptors (Lipinski definition) is 8. The van der Waals surface area contributed by atoms with Gasteiger partial charge in [0.25, 0.3) is 0 Å². The van der Waals surface area contributed by atoms with Gasteiger partial charge in [-0.1, -0.05) is 13.8 Å². The number of fused-ring (bicyclic) bond motifs is 3. The highest BCUT2D eigenvalue weighted by atomic mass is 32.2. The highest BCUT2D eigenvalue weighted by Crippen LogP contribution is 2.39. The molecule has 13 heteroatoms. The Hall–Kier alpha value is -2.77. The van der Waals surface area contributed by atoms with Crippen LogP contribution in [-0.2, 0) is 29.2 Å². The van der Waals surface area contributed by atoms with E-state index in [1.165, 1.54) is 19.1 Å². The third-order valence-electron chi connectivity index (χ3n) is 6.11. The van der Waals surface area contributed by atoms with Crippen LogP contribution in [0.2, 0.25) is 0 Å². The van der Waals surface area contributed by atoms with Gasteiger partial charge in [0.15, 0.2) is 15.5 Å². The molecule has 3 heterocycles. The van der Waals surface area contributed by atoms with Crippen molar-refractivity contribution in [1.29, 1.82) is 0 Å². The summed E-state index contributed by atoms with van der Waals surface area (Å²) in [6, 6.07) is 2.50. The standard InChI is InChI=1S/C22H26F3N5O4S/c1-11(2)18-20-27-15-7-13(10-31)17(35(4,33)34)8-16(15)29(20)5-6-30(18)21-26-9-14(12(3)32)19(28-21)22(23,24)25/h7-9,11-12,18,31-32H,5-6,10H2,1-4H3/t12-,18+/m0/s1. The Morgan fingerprint density at radius 1 is 1.17 bits per heavy atom. The lowest BCUT2D eigenvalue weighted by Gasteiger charge is -2.38. The molecule has 1 aliphatic rings. The largest absolute Gasteiger partial charge is 0.433 e. The summed E-state index contributed by atoms with van der Waals surface area (Å²) >= 11 is 0. The molecule has 9 nitrogen and oxygen atoms in total. The third-order valence-corrected chi connectivity index (χ3v) is 7.28. The molecule has 2 atom stereocenters. The van der Waals surface area contributed by atoms with E-state index in [9.17, 15) is 31.8 Å². The van der Waals surface area contributed by atoms with Crippen molar-refractivity contribution in [3.63, 3.8) is 0 Å². The lowest BCUT2D eigenvalue weighted by atomic mass is 10.00. The molecule has 0 radical (unpaired) electrons. The van der Waals surface area contributed by atoms with Crippen LogP contribution in [0, 0.1) is 5.92 Å². The number of imidazole rings is 1. The van der Waals surface area contributed by atoms with E-state index in [1.54, 1.807) is 4.90 Å². The number of aliphatic hydroxyl groups is 2. The highest BCUT2D eigenvalue weighted by Gasteiger charge is 2.40. The van der Waals surface area contributed by atoms with E-state index in [-0.39, 0.29) is 28.9 Å². The van der Waals surface area contributed by atoms with Crippen LogP contribution in [0.3, 0.4) is 0 Å². The Labute approximate surface area is 200 Å². The lowest BCUT2D eigenvalue weighted by Crippen LogP contribution is -2.42. The van der Waals surface area contributed by atoms with Gasteiger partial charge in [-0.3, -0.25) is 0 Å². The summed E-state index contributed by atoms with van der Waals surface area (Å²) in [5, 5.41) is 19.5. The molecule has 0 aliphatic carbocycles. The molecule has 2 aromatic heterocycles. The summed E-state index contributed by atoms with van der Waals surface area (Å²) < 4.78 is 67.5. The number of aliphatic hydroxyl groups excluding tert-OH is 2. The molecule has 0 fully saturated rings. The first-order valence-electron chi connectivity index (χ1n) is 11.0. The Morgan fingerprint density at radius 2 is 1.86 bits per heavy atom. The number of halogens is 3. The van der Waals surface area contributed by atoms with Gasteiger partial charge in [-0.2, -0.15) is 13.2 Å². The number of aromatic nitrogens is 4. The summed E-state index contributed by atoms with van der Waals surface area (Å²) in [5.74, 6) is 0.283.